The van der Waals surface area contributed by atoms with Gasteiger partial charge in [-0.25, -0.2) is 0 Å². The van der Waals surface area contributed by atoms with Crippen molar-refractivity contribution < 1.29 is 0 Å². The van der Waals surface area contributed by atoms with Crippen molar-refractivity contribution in [3.8, 4) is 0 Å². The van der Waals surface area contributed by atoms with Crippen molar-refractivity contribution in [1.82, 2.24) is 5.32 Å². The summed E-state index contributed by atoms with van der Waals surface area (Å²) in [7, 11) is 2.23. The van der Waals surface area contributed by atoms with Gasteiger partial charge in [0.1, 0.15) is 0 Å². The molecule has 1 atom stereocenters. The van der Waals surface area contributed by atoms with Gasteiger partial charge in [-0.05, 0) is 50.3 Å². The van der Waals surface area contributed by atoms with Crippen LogP contribution in [-0.4, -0.2) is 19.6 Å². The Morgan fingerprint density at radius 1 is 1.05 bits per heavy atom. The van der Waals surface area contributed by atoms with E-state index >= 15 is 0 Å². The summed E-state index contributed by atoms with van der Waals surface area (Å²) in [5.74, 6) is 1.42. The van der Waals surface area contributed by atoms with Crippen molar-refractivity contribution >= 4 is 5.69 Å². The van der Waals surface area contributed by atoms with Crippen LogP contribution in [0.3, 0.4) is 0 Å². The van der Waals surface area contributed by atoms with Crippen LogP contribution in [0.4, 0.5) is 5.69 Å². The van der Waals surface area contributed by atoms with E-state index < -0.39 is 0 Å². The fourth-order valence-electron chi connectivity index (χ4n) is 2.77. The molecule has 0 aromatic heterocycles. The van der Waals surface area contributed by atoms with Gasteiger partial charge in [0, 0.05) is 25.3 Å². The van der Waals surface area contributed by atoms with Crippen LogP contribution in [0.2, 0.25) is 0 Å². The lowest BCUT2D eigenvalue weighted by Gasteiger charge is -2.30. The lowest BCUT2D eigenvalue weighted by Crippen LogP contribution is -2.31. The number of hydrogen-bond donors (Lipinski definition) is 1. The molecule has 0 heterocycles. The average Bonchev–Trinajstić information content (AvgIpc) is 2.37. The molecule has 0 aliphatic carbocycles. The Morgan fingerprint density at radius 3 is 2.29 bits per heavy atom. The number of anilines is 1. The SMILES string of the molecule is Cc1ccc(N(C)C(C)CC(C)C)c(CNCC(C)C)c1. The van der Waals surface area contributed by atoms with Crippen LogP contribution in [0.15, 0.2) is 18.2 Å². The summed E-state index contributed by atoms with van der Waals surface area (Å²) in [6.07, 6.45) is 1.23. The second-order valence-electron chi connectivity index (χ2n) is 7.25. The monoisotopic (exact) mass is 290 g/mol. The number of nitrogens with one attached hydrogen (secondary N) is 1. The Kier molecular flexibility index (Phi) is 7.24. The number of rotatable bonds is 8. The molecular formula is C19H34N2. The number of hydrogen-bond acceptors (Lipinski definition) is 2. The van der Waals surface area contributed by atoms with Gasteiger partial charge in [0.2, 0.25) is 0 Å². The Labute approximate surface area is 131 Å². The fraction of sp³-hybridized carbons (Fsp3) is 0.684. The lowest BCUT2D eigenvalue weighted by atomic mass is 10.0. The van der Waals surface area contributed by atoms with Gasteiger partial charge in [-0.2, -0.15) is 0 Å². The van der Waals surface area contributed by atoms with Gasteiger partial charge in [-0.1, -0.05) is 45.4 Å². The van der Waals surface area contributed by atoms with Crippen molar-refractivity contribution in [2.45, 2.75) is 60.5 Å². The van der Waals surface area contributed by atoms with Crippen molar-refractivity contribution in [1.29, 1.82) is 0 Å². The molecule has 0 aliphatic heterocycles. The molecule has 0 amide bonds. The maximum atomic E-state index is 3.58. The molecule has 0 saturated heterocycles. The molecule has 1 aromatic carbocycles. The normalized spacial score (nSPS) is 13.0. The van der Waals surface area contributed by atoms with Crippen LogP contribution in [0.1, 0.15) is 52.2 Å². The van der Waals surface area contributed by atoms with Crippen LogP contribution in [0, 0.1) is 18.8 Å². The summed E-state index contributed by atoms with van der Waals surface area (Å²) >= 11 is 0. The van der Waals surface area contributed by atoms with Crippen molar-refractivity contribution in [2.75, 3.05) is 18.5 Å². The molecule has 1 N–H and O–H groups in total. The summed E-state index contributed by atoms with van der Waals surface area (Å²) in [4.78, 5) is 2.44. The van der Waals surface area contributed by atoms with Crippen LogP contribution in [0.25, 0.3) is 0 Å². The van der Waals surface area contributed by atoms with E-state index in [0.717, 1.165) is 19.0 Å². The highest BCUT2D eigenvalue weighted by atomic mass is 15.1. The van der Waals surface area contributed by atoms with Crippen LogP contribution >= 0.6 is 0 Å². The van der Waals surface area contributed by atoms with E-state index in [1.54, 1.807) is 0 Å². The molecule has 21 heavy (non-hydrogen) atoms. The molecule has 0 bridgehead atoms. The fourth-order valence-corrected chi connectivity index (χ4v) is 2.77. The van der Waals surface area contributed by atoms with E-state index in [1.807, 2.05) is 0 Å². The first-order chi connectivity index (χ1) is 9.81. The lowest BCUT2D eigenvalue weighted by molar-refractivity contribution is 0.502. The molecule has 0 aliphatic rings. The second kappa shape index (κ2) is 8.43. The third kappa shape index (κ3) is 6.09. The van der Waals surface area contributed by atoms with E-state index in [0.29, 0.717) is 12.0 Å². The maximum Gasteiger partial charge on any atom is 0.0411 e. The Bertz CT molecular complexity index is 424. The zero-order valence-electron chi connectivity index (χ0n) is 15.0. The number of nitrogens with zero attached hydrogens (tertiary/aromatic N) is 1. The summed E-state index contributed by atoms with van der Waals surface area (Å²) in [6, 6.07) is 7.39. The Morgan fingerprint density at radius 2 is 1.71 bits per heavy atom. The van der Waals surface area contributed by atoms with Gasteiger partial charge in [0.25, 0.3) is 0 Å². The van der Waals surface area contributed by atoms with Gasteiger partial charge in [0.05, 0.1) is 0 Å². The minimum Gasteiger partial charge on any atom is -0.372 e. The molecule has 0 radical (unpaired) electrons. The highest BCUT2D eigenvalue weighted by Gasteiger charge is 2.15. The van der Waals surface area contributed by atoms with Gasteiger partial charge in [-0.3, -0.25) is 0 Å². The highest BCUT2D eigenvalue weighted by Crippen LogP contribution is 2.24. The Hall–Kier alpha value is -1.02. The minimum atomic E-state index is 0.566. The summed E-state index contributed by atoms with van der Waals surface area (Å²) < 4.78 is 0. The van der Waals surface area contributed by atoms with E-state index in [2.05, 4.69) is 77.0 Å². The van der Waals surface area contributed by atoms with Crippen LogP contribution < -0.4 is 10.2 Å². The van der Waals surface area contributed by atoms with E-state index in [9.17, 15) is 0 Å². The maximum absolute atomic E-state index is 3.58. The Balaban J connectivity index is 2.84. The zero-order valence-corrected chi connectivity index (χ0v) is 15.0. The minimum absolute atomic E-state index is 0.566. The van der Waals surface area contributed by atoms with Crippen LogP contribution in [-0.2, 0) is 6.54 Å². The van der Waals surface area contributed by atoms with Crippen LogP contribution in [0.5, 0.6) is 0 Å². The predicted octanol–water partition coefficient (Wildman–Crippen LogP) is 4.61. The summed E-state index contributed by atoms with van der Waals surface area (Å²) in [5, 5.41) is 3.58. The molecule has 1 rings (SSSR count). The van der Waals surface area contributed by atoms with E-state index in [1.165, 1.54) is 23.2 Å². The standard InChI is InChI=1S/C19H34N2/c1-14(2)10-17(6)21(7)19-9-8-16(5)11-18(19)13-20-12-15(3)4/h8-9,11,14-15,17,20H,10,12-13H2,1-7H3. The number of benzene rings is 1. The van der Waals surface area contributed by atoms with Crippen molar-refractivity contribution in [2.24, 2.45) is 11.8 Å². The number of aryl methyl sites for hydroxylation is 1. The molecule has 0 fully saturated rings. The molecule has 1 aromatic rings. The third-order valence-electron chi connectivity index (χ3n) is 3.96. The molecule has 1 unspecified atom stereocenters. The van der Waals surface area contributed by atoms with E-state index in [-0.39, 0.29) is 0 Å². The molecule has 120 valence electrons. The predicted molar refractivity (Wildman–Crippen MR) is 95.0 cm³/mol. The smallest absolute Gasteiger partial charge is 0.0411 e. The van der Waals surface area contributed by atoms with Crippen molar-refractivity contribution in [3.63, 3.8) is 0 Å². The molecule has 0 spiro atoms. The average molecular weight is 290 g/mol. The molecule has 0 saturated carbocycles. The van der Waals surface area contributed by atoms with Gasteiger partial charge >= 0.3 is 0 Å². The van der Waals surface area contributed by atoms with Gasteiger partial charge in [0.15, 0.2) is 0 Å². The summed E-state index contributed by atoms with van der Waals surface area (Å²) in [6.45, 7) is 15.6. The first kappa shape index (κ1) is 18.0. The summed E-state index contributed by atoms with van der Waals surface area (Å²) in [5.41, 5.74) is 4.11. The zero-order chi connectivity index (χ0) is 16.0. The van der Waals surface area contributed by atoms with Gasteiger partial charge in [-0.15, -0.1) is 0 Å². The molecule has 2 nitrogen and oxygen atoms in total. The first-order valence-electron chi connectivity index (χ1n) is 8.34. The topological polar surface area (TPSA) is 15.3 Å². The largest absolute Gasteiger partial charge is 0.372 e. The van der Waals surface area contributed by atoms with E-state index in [4.69, 9.17) is 0 Å². The van der Waals surface area contributed by atoms with Crippen molar-refractivity contribution in [3.05, 3.63) is 29.3 Å². The first-order valence-corrected chi connectivity index (χ1v) is 8.34. The quantitative estimate of drug-likeness (QED) is 0.752. The highest BCUT2D eigenvalue weighted by molar-refractivity contribution is 5.55. The molecule has 2 heteroatoms. The third-order valence-corrected chi connectivity index (χ3v) is 3.96. The van der Waals surface area contributed by atoms with Gasteiger partial charge < -0.3 is 10.2 Å². The second-order valence-corrected chi connectivity index (χ2v) is 7.25. The molecular weight excluding hydrogens is 256 g/mol.